The van der Waals surface area contributed by atoms with Gasteiger partial charge >= 0.3 is 12.1 Å². The number of methoxy groups -OCH3 is 1. The van der Waals surface area contributed by atoms with Gasteiger partial charge in [0.2, 0.25) is 0 Å². The molecule has 6 heteroatoms. The van der Waals surface area contributed by atoms with Gasteiger partial charge in [-0.25, -0.2) is 9.59 Å². The predicted octanol–water partition coefficient (Wildman–Crippen LogP) is 1.23. The summed E-state index contributed by atoms with van der Waals surface area (Å²) in [5, 5.41) is 2.71. The third kappa shape index (κ3) is 4.91. The second-order valence-electron chi connectivity index (χ2n) is 5.27. The molecule has 1 N–H and O–H groups in total. The van der Waals surface area contributed by atoms with Gasteiger partial charge in [0.1, 0.15) is 5.60 Å². The number of alkyl carbamates (subject to hydrolysis) is 1. The molecule has 0 bridgehead atoms. The Bertz CT molecular complexity index is 302. The molecule has 2 atom stereocenters. The normalized spacial score (nSPS) is 24.2. The van der Waals surface area contributed by atoms with Crippen molar-refractivity contribution in [1.29, 1.82) is 0 Å². The fourth-order valence-electron chi connectivity index (χ4n) is 1.66. The number of hydrogen-bond acceptors (Lipinski definition) is 5. The van der Waals surface area contributed by atoms with E-state index >= 15 is 0 Å². The van der Waals surface area contributed by atoms with E-state index in [2.05, 4.69) is 10.1 Å². The molecular formula is C12H21NO5. The van der Waals surface area contributed by atoms with Gasteiger partial charge in [-0.15, -0.1) is 0 Å². The van der Waals surface area contributed by atoms with E-state index in [1.54, 1.807) is 20.8 Å². The Morgan fingerprint density at radius 3 is 2.39 bits per heavy atom. The summed E-state index contributed by atoms with van der Waals surface area (Å²) in [5.41, 5.74) is -0.520. The van der Waals surface area contributed by atoms with Crippen molar-refractivity contribution in [3.05, 3.63) is 0 Å². The number of ether oxygens (including phenoxy) is 3. The Hall–Kier alpha value is -1.30. The maximum absolute atomic E-state index is 11.5. The van der Waals surface area contributed by atoms with Crippen LogP contribution in [0.15, 0.2) is 0 Å². The zero-order chi connectivity index (χ0) is 13.8. The molecule has 0 spiro atoms. The van der Waals surface area contributed by atoms with Gasteiger partial charge in [0, 0.05) is 0 Å². The first-order valence-corrected chi connectivity index (χ1v) is 6.01. The molecule has 1 heterocycles. The summed E-state index contributed by atoms with van der Waals surface area (Å²) in [5.74, 6) is -0.370. The average molecular weight is 259 g/mol. The van der Waals surface area contributed by atoms with Crippen LogP contribution in [0.4, 0.5) is 4.79 Å². The lowest BCUT2D eigenvalue weighted by atomic mass is 10.1. The minimum atomic E-state index is -0.522. The van der Waals surface area contributed by atoms with Crippen molar-refractivity contribution >= 4 is 12.1 Å². The maximum atomic E-state index is 11.5. The molecule has 0 aromatic carbocycles. The molecule has 1 aliphatic rings. The first-order chi connectivity index (χ1) is 8.31. The minimum Gasteiger partial charge on any atom is -0.467 e. The fourth-order valence-corrected chi connectivity index (χ4v) is 1.66. The number of esters is 1. The van der Waals surface area contributed by atoms with Crippen LogP contribution in [-0.2, 0) is 19.0 Å². The number of carbonyl (C=O) groups is 2. The van der Waals surface area contributed by atoms with E-state index in [0.29, 0.717) is 19.4 Å². The molecule has 104 valence electrons. The lowest BCUT2D eigenvalue weighted by Gasteiger charge is -2.29. The van der Waals surface area contributed by atoms with Crippen molar-refractivity contribution in [3.8, 4) is 0 Å². The molecule has 0 aromatic rings. The standard InChI is InChI=1S/C12H21NO5/c1-12(2,3)18-11(15)13-8-5-6-9(17-7-8)10(14)16-4/h8-9H,5-7H2,1-4H3,(H,13,15)/t8?,9-/m1/s1. The molecule has 1 saturated heterocycles. The van der Waals surface area contributed by atoms with Gasteiger partial charge in [-0.3, -0.25) is 0 Å². The van der Waals surface area contributed by atoms with E-state index in [-0.39, 0.29) is 12.0 Å². The molecular weight excluding hydrogens is 238 g/mol. The van der Waals surface area contributed by atoms with Crippen LogP contribution in [0, 0.1) is 0 Å². The maximum Gasteiger partial charge on any atom is 0.407 e. The third-order valence-electron chi connectivity index (χ3n) is 2.46. The van der Waals surface area contributed by atoms with Crippen molar-refractivity contribution < 1.29 is 23.8 Å². The predicted molar refractivity (Wildman–Crippen MR) is 64.1 cm³/mol. The van der Waals surface area contributed by atoms with E-state index in [4.69, 9.17) is 9.47 Å². The van der Waals surface area contributed by atoms with Crippen LogP contribution in [0.25, 0.3) is 0 Å². The molecule has 0 aromatic heterocycles. The van der Waals surface area contributed by atoms with E-state index in [1.165, 1.54) is 7.11 Å². The van der Waals surface area contributed by atoms with Gasteiger partial charge in [-0.1, -0.05) is 0 Å². The van der Waals surface area contributed by atoms with E-state index in [9.17, 15) is 9.59 Å². The fraction of sp³-hybridized carbons (Fsp3) is 0.833. The van der Waals surface area contributed by atoms with E-state index < -0.39 is 17.8 Å². The summed E-state index contributed by atoms with van der Waals surface area (Å²) < 4.78 is 15.1. The number of nitrogens with one attached hydrogen (secondary N) is 1. The van der Waals surface area contributed by atoms with Crippen LogP contribution in [0.1, 0.15) is 33.6 Å². The Balaban J connectivity index is 2.31. The Kier molecular flexibility index (Phi) is 4.95. The summed E-state index contributed by atoms with van der Waals surface area (Å²) in [6.45, 7) is 5.70. The third-order valence-corrected chi connectivity index (χ3v) is 2.46. The van der Waals surface area contributed by atoms with Crippen molar-refractivity contribution in [2.24, 2.45) is 0 Å². The van der Waals surface area contributed by atoms with Gasteiger partial charge in [-0.2, -0.15) is 0 Å². The van der Waals surface area contributed by atoms with Crippen LogP contribution in [0.3, 0.4) is 0 Å². The van der Waals surface area contributed by atoms with Crippen molar-refractivity contribution in [2.75, 3.05) is 13.7 Å². The number of rotatable bonds is 2. The Morgan fingerprint density at radius 1 is 1.28 bits per heavy atom. The summed E-state index contributed by atoms with van der Waals surface area (Å²) in [6.07, 6.45) is 0.214. The number of amides is 1. The minimum absolute atomic E-state index is 0.124. The average Bonchev–Trinajstić information content (AvgIpc) is 2.26. The molecule has 1 fully saturated rings. The highest BCUT2D eigenvalue weighted by Gasteiger charge is 2.29. The largest absolute Gasteiger partial charge is 0.467 e. The van der Waals surface area contributed by atoms with Crippen molar-refractivity contribution in [1.82, 2.24) is 5.32 Å². The molecule has 6 nitrogen and oxygen atoms in total. The summed E-state index contributed by atoms with van der Waals surface area (Å²) in [6, 6.07) is -0.124. The highest BCUT2D eigenvalue weighted by atomic mass is 16.6. The first kappa shape index (κ1) is 14.8. The van der Waals surface area contributed by atoms with E-state index in [0.717, 1.165) is 0 Å². The molecule has 1 unspecified atom stereocenters. The zero-order valence-corrected chi connectivity index (χ0v) is 11.3. The molecule has 1 rings (SSSR count). The van der Waals surface area contributed by atoms with Crippen LogP contribution in [0.5, 0.6) is 0 Å². The van der Waals surface area contributed by atoms with Gasteiger partial charge < -0.3 is 19.5 Å². The molecule has 18 heavy (non-hydrogen) atoms. The number of hydrogen-bond donors (Lipinski definition) is 1. The molecule has 0 radical (unpaired) electrons. The second-order valence-corrected chi connectivity index (χ2v) is 5.27. The van der Waals surface area contributed by atoms with Gasteiger partial charge in [-0.05, 0) is 33.6 Å². The molecule has 0 saturated carbocycles. The first-order valence-electron chi connectivity index (χ1n) is 6.01. The Morgan fingerprint density at radius 2 is 1.94 bits per heavy atom. The summed E-state index contributed by atoms with van der Waals surface area (Å²) in [7, 11) is 1.33. The highest BCUT2D eigenvalue weighted by molar-refractivity contribution is 5.74. The lowest BCUT2D eigenvalue weighted by Crippen LogP contribution is -2.46. The van der Waals surface area contributed by atoms with Crippen molar-refractivity contribution in [2.45, 2.75) is 51.4 Å². The van der Waals surface area contributed by atoms with Crippen LogP contribution < -0.4 is 5.32 Å². The van der Waals surface area contributed by atoms with E-state index in [1.807, 2.05) is 0 Å². The van der Waals surface area contributed by atoms with Gasteiger partial charge in [0.15, 0.2) is 6.10 Å². The van der Waals surface area contributed by atoms with Crippen LogP contribution in [-0.4, -0.2) is 43.5 Å². The highest BCUT2D eigenvalue weighted by Crippen LogP contribution is 2.15. The van der Waals surface area contributed by atoms with Gasteiger partial charge in [0.25, 0.3) is 0 Å². The smallest absolute Gasteiger partial charge is 0.407 e. The molecule has 1 aliphatic heterocycles. The summed E-state index contributed by atoms with van der Waals surface area (Å²) in [4.78, 5) is 22.7. The molecule has 1 amide bonds. The summed E-state index contributed by atoms with van der Waals surface area (Å²) >= 11 is 0. The quantitative estimate of drug-likeness (QED) is 0.755. The monoisotopic (exact) mass is 259 g/mol. The second kappa shape index (κ2) is 6.04. The topological polar surface area (TPSA) is 73.9 Å². The number of carbonyl (C=O) groups excluding carboxylic acids is 2. The van der Waals surface area contributed by atoms with Crippen LogP contribution >= 0.6 is 0 Å². The molecule has 0 aliphatic carbocycles. The zero-order valence-electron chi connectivity index (χ0n) is 11.3. The van der Waals surface area contributed by atoms with Crippen LogP contribution in [0.2, 0.25) is 0 Å². The van der Waals surface area contributed by atoms with Crippen molar-refractivity contribution in [3.63, 3.8) is 0 Å². The lowest BCUT2D eigenvalue weighted by molar-refractivity contribution is -0.157. The van der Waals surface area contributed by atoms with Gasteiger partial charge in [0.05, 0.1) is 19.8 Å². The Labute approximate surface area is 107 Å². The SMILES string of the molecule is COC(=O)[C@H]1CCC(NC(=O)OC(C)(C)C)CO1.